The largest absolute Gasteiger partial charge is 0.354 e. The van der Waals surface area contributed by atoms with Crippen molar-refractivity contribution in [1.82, 2.24) is 10.6 Å². The second kappa shape index (κ2) is 7.00. The summed E-state index contributed by atoms with van der Waals surface area (Å²) in [5, 5.41) is 6.49. The zero-order chi connectivity index (χ0) is 12.8. The highest BCUT2D eigenvalue weighted by atomic mass is 16.1. The van der Waals surface area contributed by atoms with E-state index < -0.39 is 0 Å². The molecule has 1 fully saturated rings. The van der Waals surface area contributed by atoms with Crippen LogP contribution in [-0.4, -0.2) is 24.5 Å². The average molecular weight is 240 g/mol. The van der Waals surface area contributed by atoms with Gasteiger partial charge in [0.25, 0.3) is 0 Å². The van der Waals surface area contributed by atoms with Crippen molar-refractivity contribution in [3.8, 4) is 0 Å². The Hall–Kier alpha value is -0.570. The normalized spacial score (nSPS) is 29.4. The fraction of sp³-hybridized carbons (Fsp3) is 0.929. The van der Waals surface area contributed by atoms with Gasteiger partial charge < -0.3 is 10.6 Å². The first-order valence-corrected chi connectivity index (χ1v) is 7.03. The zero-order valence-electron chi connectivity index (χ0n) is 11.8. The van der Waals surface area contributed by atoms with Gasteiger partial charge in [0.05, 0.1) is 0 Å². The van der Waals surface area contributed by atoms with E-state index in [0.717, 1.165) is 18.4 Å². The molecule has 2 N–H and O–H groups in total. The van der Waals surface area contributed by atoms with Crippen LogP contribution in [0.5, 0.6) is 0 Å². The molecule has 1 aliphatic rings. The minimum Gasteiger partial charge on any atom is -0.354 e. The Labute approximate surface area is 106 Å². The smallest absolute Gasteiger partial charge is 0.221 e. The molecule has 2 atom stereocenters. The van der Waals surface area contributed by atoms with Gasteiger partial charge in [0, 0.05) is 25.0 Å². The molecule has 0 saturated heterocycles. The van der Waals surface area contributed by atoms with Gasteiger partial charge >= 0.3 is 0 Å². The van der Waals surface area contributed by atoms with Gasteiger partial charge in [-0.2, -0.15) is 0 Å². The summed E-state index contributed by atoms with van der Waals surface area (Å²) in [6, 6.07) is 0.839. The molecule has 0 aromatic rings. The van der Waals surface area contributed by atoms with E-state index in [1.807, 2.05) is 13.8 Å². The summed E-state index contributed by atoms with van der Waals surface area (Å²) >= 11 is 0. The summed E-state index contributed by atoms with van der Waals surface area (Å²) < 4.78 is 0. The summed E-state index contributed by atoms with van der Waals surface area (Å²) in [5.41, 5.74) is 0. The van der Waals surface area contributed by atoms with Crippen LogP contribution in [0.1, 0.15) is 53.4 Å². The predicted molar refractivity (Wildman–Crippen MR) is 71.9 cm³/mol. The van der Waals surface area contributed by atoms with Gasteiger partial charge in [-0.05, 0) is 38.5 Å². The molecule has 0 spiro atoms. The number of carbonyl (C=O) groups is 1. The van der Waals surface area contributed by atoms with Crippen molar-refractivity contribution < 1.29 is 4.79 Å². The van der Waals surface area contributed by atoms with Crippen LogP contribution in [0, 0.1) is 11.8 Å². The van der Waals surface area contributed by atoms with E-state index >= 15 is 0 Å². The predicted octanol–water partition coefficient (Wildman–Crippen LogP) is 2.32. The molecule has 17 heavy (non-hydrogen) atoms. The van der Waals surface area contributed by atoms with Gasteiger partial charge in [0.2, 0.25) is 5.91 Å². The molecular weight excluding hydrogens is 212 g/mol. The highest BCUT2D eigenvalue weighted by molar-refractivity contribution is 5.76. The lowest BCUT2D eigenvalue weighted by atomic mass is 9.79. The quantitative estimate of drug-likeness (QED) is 0.774. The highest BCUT2D eigenvalue weighted by Gasteiger charge is 2.26. The standard InChI is InChI=1S/C14H28N2O/c1-10(2)16-13(17)8-9-15-14-11(3)6-5-7-12(14)4/h10-12,14-15H,5-9H2,1-4H3,(H,16,17). The van der Waals surface area contributed by atoms with Crippen LogP contribution in [0.3, 0.4) is 0 Å². The third-order valence-corrected chi connectivity index (χ3v) is 3.73. The lowest BCUT2D eigenvalue weighted by Gasteiger charge is -2.35. The van der Waals surface area contributed by atoms with Gasteiger partial charge in [0.15, 0.2) is 0 Å². The SMILES string of the molecule is CC(C)NC(=O)CCNC1C(C)CCCC1C. The van der Waals surface area contributed by atoms with Crippen molar-refractivity contribution in [1.29, 1.82) is 0 Å². The molecule has 0 aromatic carbocycles. The van der Waals surface area contributed by atoms with Gasteiger partial charge in [-0.25, -0.2) is 0 Å². The molecule has 100 valence electrons. The number of nitrogens with one attached hydrogen (secondary N) is 2. The number of rotatable bonds is 5. The van der Waals surface area contributed by atoms with E-state index in [1.54, 1.807) is 0 Å². The minimum atomic E-state index is 0.156. The molecule has 0 bridgehead atoms. The van der Waals surface area contributed by atoms with Crippen LogP contribution >= 0.6 is 0 Å². The van der Waals surface area contributed by atoms with Gasteiger partial charge in [0.1, 0.15) is 0 Å². The molecule has 0 radical (unpaired) electrons. The number of carbonyl (C=O) groups excluding carboxylic acids is 1. The summed E-state index contributed by atoms with van der Waals surface area (Å²) in [7, 11) is 0. The summed E-state index contributed by atoms with van der Waals surface area (Å²) in [4.78, 5) is 11.5. The maximum absolute atomic E-state index is 11.5. The monoisotopic (exact) mass is 240 g/mol. The van der Waals surface area contributed by atoms with Crippen LogP contribution in [-0.2, 0) is 4.79 Å². The molecule has 3 nitrogen and oxygen atoms in total. The first-order chi connectivity index (χ1) is 8.00. The van der Waals surface area contributed by atoms with Gasteiger partial charge in [-0.15, -0.1) is 0 Å². The van der Waals surface area contributed by atoms with Crippen molar-refractivity contribution in [2.75, 3.05) is 6.54 Å². The molecule has 1 amide bonds. The summed E-state index contributed by atoms with van der Waals surface area (Å²) in [6.45, 7) is 9.44. The van der Waals surface area contributed by atoms with Crippen molar-refractivity contribution in [3.05, 3.63) is 0 Å². The second-order valence-electron chi connectivity index (χ2n) is 5.84. The fourth-order valence-corrected chi connectivity index (χ4v) is 2.83. The first kappa shape index (κ1) is 14.5. The molecule has 0 aromatic heterocycles. The van der Waals surface area contributed by atoms with Crippen molar-refractivity contribution in [2.24, 2.45) is 11.8 Å². The Morgan fingerprint density at radius 1 is 1.24 bits per heavy atom. The molecule has 1 aliphatic carbocycles. The second-order valence-corrected chi connectivity index (χ2v) is 5.84. The zero-order valence-corrected chi connectivity index (χ0v) is 11.8. The molecule has 1 rings (SSSR count). The van der Waals surface area contributed by atoms with Crippen LogP contribution < -0.4 is 10.6 Å². The Morgan fingerprint density at radius 3 is 2.35 bits per heavy atom. The number of hydrogen-bond acceptors (Lipinski definition) is 2. The van der Waals surface area contributed by atoms with Crippen LogP contribution in [0.25, 0.3) is 0 Å². The van der Waals surface area contributed by atoms with E-state index in [4.69, 9.17) is 0 Å². The molecular formula is C14H28N2O. The van der Waals surface area contributed by atoms with Crippen molar-refractivity contribution in [2.45, 2.75) is 65.5 Å². The Balaban J connectivity index is 2.22. The fourth-order valence-electron chi connectivity index (χ4n) is 2.83. The average Bonchev–Trinajstić information content (AvgIpc) is 2.21. The van der Waals surface area contributed by atoms with Gasteiger partial charge in [-0.3, -0.25) is 4.79 Å². The van der Waals surface area contributed by atoms with E-state index in [2.05, 4.69) is 24.5 Å². The van der Waals surface area contributed by atoms with E-state index in [9.17, 15) is 4.79 Å². The lowest BCUT2D eigenvalue weighted by Crippen LogP contribution is -2.44. The maximum Gasteiger partial charge on any atom is 0.221 e. The van der Waals surface area contributed by atoms with Crippen LogP contribution in [0.15, 0.2) is 0 Å². The number of amides is 1. The number of hydrogen-bond donors (Lipinski definition) is 2. The summed E-state index contributed by atoms with van der Waals surface area (Å²) in [5.74, 6) is 1.64. The maximum atomic E-state index is 11.5. The Kier molecular flexibility index (Phi) is 5.96. The molecule has 3 heteroatoms. The minimum absolute atomic E-state index is 0.156. The first-order valence-electron chi connectivity index (χ1n) is 7.03. The third kappa shape index (κ3) is 5.07. The van der Waals surface area contributed by atoms with Crippen LogP contribution in [0.4, 0.5) is 0 Å². The molecule has 0 aliphatic heterocycles. The van der Waals surface area contributed by atoms with Gasteiger partial charge in [-0.1, -0.05) is 20.3 Å². The molecule has 0 heterocycles. The summed E-state index contributed by atoms with van der Waals surface area (Å²) in [6.07, 6.45) is 4.59. The van der Waals surface area contributed by atoms with Crippen molar-refractivity contribution >= 4 is 5.91 Å². The topological polar surface area (TPSA) is 41.1 Å². The van der Waals surface area contributed by atoms with E-state index in [1.165, 1.54) is 19.3 Å². The van der Waals surface area contributed by atoms with Crippen LogP contribution in [0.2, 0.25) is 0 Å². The third-order valence-electron chi connectivity index (χ3n) is 3.73. The molecule has 1 saturated carbocycles. The Morgan fingerprint density at radius 2 is 1.82 bits per heavy atom. The Bertz CT molecular complexity index is 230. The van der Waals surface area contributed by atoms with E-state index in [-0.39, 0.29) is 11.9 Å². The lowest BCUT2D eigenvalue weighted by molar-refractivity contribution is -0.121. The molecule has 2 unspecified atom stereocenters. The van der Waals surface area contributed by atoms with E-state index in [0.29, 0.717) is 12.5 Å². The highest BCUT2D eigenvalue weighted by Crippen LogP contribution is 2.28. The van der Waals surface area contributed by atoms with Crippen molar-refractivity contribution in [3.63, 3.8) is 0 Å².